The number of benzene rings is 1. The molecule has 0 amide bonds. The van der Waals surface area contributed by atoms with E-state index in [2.05, 4.69) is 80.9 Å². The van der Waals surface area contributed by atoms with E-state index < -0.39 is 0 Å². The SMILES string of the molecule is Cc1cc([C@@H]2[C@@H](c3ccccn3)NC(=S)N2c2ccc(N3CCOCC3)cc2)c(C)n1CCCN1CCOCC1. The maximum Gasteiger partial charge on any atom is 0.174 e. The minimum Gasteiger partial charge on any atom is -0.379 e. The lowest BCUT2D eigenvalue weighted by Gasteiger charge is -2.31. The van der Waals surface area contributed by atoms with Crippen LogP contribution in [0.4, 0.5) is 11.4 Å². The molecule has 0 radical (unpaired) electrons. The second-order valence-electron chi connectivity index (χ2n) is 10.9. The second-order valence-corrected chi connectivity index (χ2v) is 11.3. The third kappa shape index (κ3) is 5.61. The first-order chi connectivity index (χ1) is 19.6. The predicted octanol–water partition coefficient (Wildman–Crippen LogP) is 4.24. The lowest BCUT2D eigenvalue weighted by atomic mass is 9.96. The maximum atomic E-state index is 6.00. The molecule has 6 rings (SSSR count). The summed E-state index contributed by atoms with van der Waals surface area (Å²) in [6.45, 7) is 13.7. The van der Waals surface area contributed by atoms with Gasteiger partial charge in [-0.3, -0.25) is 9.88 Å². The van der Waals surface area contributed by atoms with Gasteiger partial charge < -0.3 is 29.2 Å². The van der Waals surface area contributed by atoms with Gasteiger partial charge in [-0.25, -0.2) is 0 Å². The average molecular weight is 561 g/mol. The van der Waals surface area contributed by atoms with Crippen LogP contribution in [0.5, 0.6) is 0 Å². The van der Waals surface area contributed by atoms with Crippen LogP contribution in [0.1, 0.15) is 41.1 Å². The van der Waals surface area contributed by atoms with Gasteiger partial charge in [0.15, 0.2) is 5.11 Å². The van der Waals surface area contributed by atoms with Crippen LogP contribution in [0.2, 0.25) is 0 Å². The third-order valence-corrected chi connectivity index (χ3v) is 8.81. The summed E-state index contributed by atoms with van der Waals surface area (Å²) in [6.07, 6.45) is 2.99. The fourth-order valence-electron chi connectivity index (χ4n) is 6.34. The Labute approximate surface area is 242 Å². The summed E-state index contributed by atoms with van der Waals surface area (Å²) in [7, 11) is 0. The van der Waals surface area contributed by atoms with Gasteiger partial charge in [0.25, 0.3) is 0 Å². The quantitative estimate of drug-likeness (QED) is 0.411. The van der Waals surface area contributed by atoms with Crippen LogP contribution < -0.4 is 15.1 Å². The Kier molecular flexibility index (Phi) is 8.34. The average Bonchev–Trinajstić information content (AvgIpc) is 3.49. The summed E-state index contributed by atoms with van der Waals surface area (Å²) in [6, 6.07) is 17.3. The predicted molar refractivity (Wildman–Crippen MR) is 163 cm³/mol. The summed E-state index contributed by atoms with van der Waals surface area (Å²) in [4.78, 5) is 11.9. The molecule has 0 saturated carbocycles. The van der Waals surface area contributed by atoms with Gasteiger partial charge in [-0.2, -0.15) is 0 Å². The van der Waals surface area contributed by atoms with E-state index in [0.717, 1.165) is 88.6 Å². The van der Waals surface area contributed by atoms with E-state index in [1.807, 2.05) is 12.3 Å². The fraction of sp³-hybridized carbons (Fsp3) is 0.484. The van der Waals surface area contributed by atoms with Crippen LogP contribution >= 0.6 is 12.2 Å². The standard InChI is InChI=1S/C31H40N6O2S/c1-23-22-27(24(2)36(23)13-5-12-34-14-18-38-19-15-34)30-29(28-6-3-4-11-32-28)33-31(40)37(30)26-9-7-25(8-10-26)35-16-20-39-21-17-35/h3-4,6-11,22,29-30H,5,12-21H2,1-2H3,(H,33,40)/t29-,30-/m1/s1. The molecule has 3 aromatic rings. The molecule has 0 aliphatic carbocycles. The molecular formula is C31H40N6O2S. The maximum absolute atomic E-state index is 6.00. The van der Waals surface area contributed by atoms with Crippen LogP contribution in [0.15, 0.2) is 54.7 Å². The molecule has 1 aromatic carbocycles. The number of anilines is 2. The molecule has 212 valence electrons. The number of morpholine rings is 2. The number of thiocarbonyl (C=S) groups is 1. The molecule has 1 N–H and O–H groups in total. The molecule has 3 saturated heterocycles. The van der Waals surface area contributed by atoms with Gasteiger partial charge in [0, 0.05) is 68.2 Å². The van der Waals surface area contributed by atoms with E-state index >= 15 is 0 Å². The van der Waals surface area contributed by atoms with Crippen LogP contribution in [0.3, 0.4) is 0 Å². The van der Waals surface area contributed by atoms with Crippen molar-refractivity contribution in [3.8, 4) is 0 Å². The van der Waals surface area contributed by atoms with Crippen molar-refractivity contribution < 1.29 is 9.47 Å². The van der Waals surface area contributed by atoms with Crippen LogP contribution in [0, 0.1) is 13.8 Å². The van der Waals surface area contributed by atoms with Gasteiger partial charge in [0.2, 0.25) is 0 Å². The largest absolute Gasteiger partial charge is 0.379 e. The molecule has 3 aliphatic heterocycles. The smallest absolute Gasteiger partial charge is 0.174 e. The Morgan fingerprint density at radius 2 is 1.60 bits per heavy atom. The van der Waals surface area contributed by atoms with Crippen molar-refractivity contribution in [3.63, 3.8) is 0 Å². The molecule has 0 bridgehead atoms. The molecule has 5 heterocycles. The zero-order valence-electron chi connectivity index (χ0n) is 23.6. The summed E-state index contributed by atoms with van der Waals surface area (Å²) in [5.74, 6) is 0. The van der Waals surface area contributed by atoms with Gasteiger partial charge in [0.05, 0.1) is 44.2 Å². The zero-order chi connectivity index (χ0) is 27.5. The number of ether oxygens (including phenoxy) is 2. The number of nitrogens with one attached hydrogen (secondary N) is 1. The number of pyridine rings is 1. The number of rotatable bonds is 8. The number of hydrogen-bond donors (Lipinski definition) is 1. The molecule has 0 spiro atoms. The number of nitrogens with zero attached hydrogens (tertiary/aromatic N) is 5. The van der Waals surface area contributed by atoms with Crippen LogP contribution in [0.25, 0.3) is 0 Å². The molecule has 3 aliphatic rings. The molecule has 8 nitrogen and oxygen atoms in total. The van der Waals surface area contributed by atoms with Crippen LogP contribution in [-0.2, 0) is 16.0 Å². The van der Waals surface area contributed by atoms with Gasteiger partial charge in [-0.1, -0.05) is 6.07 Å². The summed E-state index contributed by atoms with van der Waals surface area (Å²) in [5.41, 5.74) is 7.20. The molecule has 9 heteroatoms. The zero-order valence-corrected chi connectivity index (χ0v) is 24.4. The highest BCUT2D eigenvalue weighted by Gasteiger charge is 2.42. The van der Waals surface area contributed by atoms with E-state index in [-0.39, 0.29) is 12.1 Å². The highest BCUT2D eigenvalue weighted by Crippen LogP contribution is 2.43. The van der Waals surface area contributed by atoms with Crippen molar-refractivity contribution in [2.45, 2.75) is 38.9 Å². The lowest BCUT2D eigenvalue weighted by molar-refractivity contribution is 0.0369. The third-order valence-electron chi connectivity index (χ3n) is 8.49. The second kappa shape index (κ2) is 12.3. The van der Waals surface area contributed by atoms with Crippen molar-refractivity contribution in [1.82, 2.24) is 19.8 Å². The van der Waals surface area contributed by atoms with Crippen molar-refractivity contribution in [2.24, 2.45) is 0 Å². The summed E-state index contributed by atoms with van der Waals surface area (Å²) < 4.78 is 13.5. The molecule has 40 heavy (non-hydrogen) atoms. The van der Waals surface area contributed by atoms with Crippen molar-refractivity contribution in [1.29, 1.82) is 0 Å². The normalized spacial score (nSPS) is 22.1. The van der Waals surface area contributed by atoms with Gasteiger partial charge >= 0.3 is 0 Å². The Morgan fingerprint density at radius 1 is 0.900 bits per heavy atom. The Bertz CT molecular complexity index is 1290. The minimum absolute atomic E-state index is 0.00386. The molecule has 2 aromatic heterocycles. The lowest BCUT2D eigenvalue weighted by Crippen LogP contribution is -2.37. The fourth-order valence-corrected chi connectivity index (χ4v) is 6.69. The van der Waals surface area contributed by atoms with Crippen molar-refractivity contribution >= 4 is 28.7 Å². The summed E-state index contributed by atoms with van der Waals surface area (Å²) >= 11 is 6.00. The Morgan fingerprint density at radius 3 is 2.30 bits per heavy atom. The Hall–Kier alpha value is -2.98. The minimum atomic E-state index is -0.0464. The number of aromatic nitrogens is 2. The van der Waals surface area contributed by atoms with E-state index in [0.29, 0.717) is 0 Å². The molecule has 0 unspecified atom stereocenters. The topological polar surface area (TPSA) is 58.0 Å². The summed E-state index contributed by atoms with van der Waals surface area (Å²) in [5, 5.41) is 4.36. The Balaban J connectivity index is 1.29. The first-order valence-electron chi connectivity index (χ1n) is 14.5. The highest BCUT2D eigenvalue weighted by atomic mass is 32.1. The van der Waals surface area contributed by atoms with Crippen LogP contribution in [-0.4, -0.2) is 78.7 Å². The number of hydrogen-bond acceptors (Lipinski definition) is 6. The highest BCUT2D eigenvalue weighted by molar-refractivity contribution is 7.80. The molecular weight excluding hydrogens is 520 g/mol. The van der Waals surface area contributed by atoms with Gasteiger partial charge in [-0.15, -0.1) is 0 Å². The van der Waals surface area contributed by atoms with Crippen molar-refractivity contribution in [3.05, 3.63) is 77.4 Å². The van der Waals surface area contributed by atoms with Gasteiger partial charge in [0.1, 0.15) is 0 Å². The monoisotopic (exact) mass is 560 g/mol. The van der Waals surface area contributed by atoms with E-state index in [9.17, 15) is 0 Å². The first-order valence-corrected chi connectivity index (χ1v) is 14.9. The van der Waals surface area contributed by atoms with Crippen molar-refractivity contribution in [2.75, 3.05) is 69.0 Å². The number of aryl methyl sites for hydroxylation is 1. The molecule has 2 atom stereocenters. The first kappa shape index (κ1) is 27.2. The van der Waals surface area contributed by atoms with Gasteiger partial charge in [-0.05, 0) is 80.5 Å². The van der Waals surface area contributed by atoms with E-state index in [1.165, 1.54) is 22.6 Å². The molecule has 3 fully saturated rings. The van der Waals surface area contributed by atoms with E-state index in [4.69, 9.17) is 26.7 Å². The van der Waals surface area contributed by atoms with E-state index in [1.54, 1.807) is 0 Å².